The second-order valence-corrected chi connectivity index (χ2v) is 14.7. The van der Waals surface area contributed by atoms with Crippen LogP contribution in [0.1, 0.15) is 55.0 Å². The number of rotatable bonds is 18. The van der Waals surface area contributed by atoms with Crippen LogP contribution in [-0.2, 0) is 55.9 Å². The van der Waals surface area contributed by atoms with Gasteiger partial charge in [-0.1, -0.05) is 56.2 Å². The van der Waals surface area contributed by atoms with Gasteiger partial charge in [0.1, 0.15) is 11.4 Å². The molecule has 0 saturated heterocycles. The molecule has 13 nitrogen and oxygen atoms in total. The van der Waals surface area contributed by atoms with Gasteiger partial charge in [-0.25, -0.2) is 4.98 Å². The molecule has 0 amide bonds. The minimum atomic E-state index is -4.50. The largest absolute Gasteiger partial charge is 2.00 e. The summed E-state index contributed by atoms with van der Waals surface area (Å²) in [7, 11) is 0. The second-order valence-electron chi connectivity index (χ2n) is 13.6. The monoisotopic (exact) mass is 1030 g/mol. The number of ether oxygens (including phenoxy) is 3. The summed E-state index contributed by atoms with van der Waals surface area (Å²) in [6.07, 6.45) is 12.0. The first-order chi connectivity index (χ1) is 32.1. The van der Waals surface area contributed by atoms with Gasteiger partial charge in [-0.2, -0.15) is 18.3 Å². The van der Waals surface area contributed by atoms with E-state index in [4.69, 9.17) is 15.1 Å². The summed E-state index contributed by atoms with van der Waals surface area (Å²) in [5.41, 5.74) is 7.32. The Morgan fingerprint density at radius 2 is 1.30 bits per heavy atom. The Bertz CT molecular complexity index is 2710. The molecule has 0 aliphatic rings. The van der Waals surface area contributed by atoms with Gasteiger partial charge in [0.2, 0.25) is 0 Å². The third kappa shape index (κ3) is 16.0. The van der Waals surface area contributed by atoms with E-state index < -0.39 is 11.9 Å². The number of aryl methyl sites for hydroxylation is 1. The average Bonchev–Trinajstić information content (AvgIpc) is 4.03. The quantitative estimate of drug-likeness (QED) is 0.0198. The molecule has 0 aliphatic heterocycles. The molecule has 0 radical (unpaired) electrons. The molecule has 6 aromatic heterocycles. The molecule has 0 unspecified atom stereocenters. The number of nitrogens with zero attached hydrogens (tertiary/aromatic N) is 7. The Morgan fingerprint density at radius 3 is 1.85 bits per heavy atom. The topological polar surface area (TPSA) is 180 Å². The van der Waals surface area contributed by atoms with E-state index in [2.05, 4.69) is 65.2 Å². The van der Waals surface area contributed by atoms with Crippen molar-refractivity contribution in [2.75, 3.05) is 0 Å². The average molecular weight is 1030 g/mol. The molecule has 6 heterocycles. The Kier molecular flexibility index (Phi) is 21.4. The second kappa shape index (κ2) is 27.3. The summed E-state index contributed by atoms with van der Waals surface area (Å²) in [5, 5.41) is 17.4. The fourth-order valence-electron chi connectivity index (χ4n) is 6.22. The van der Waals surface area contributed by atoms with Gasteiger partial charge >= 0.3 is 25.7 Å². The predicted molar refractivity (Wildman–Crippen MR) is 248 cm³/mol. The molecule has 0 saturated carbocycles. The van der Waals surface area contributed by atoms with Gasteiger partial charge in [0.05, 0.1) is 41.0 Å². The number of benzene rings is 1. The smallest absolute Gasteiger partial charge is 0.753 e. The number of unbranched alkanes of at least 4 members (excludes halogenated alkanes) is 3. The maximum absolute atomic E-state index is 12.7. The van der Waals surface area contributed by atoms with Crippen molar-refractivity contribution >= 4 is 60.3 Å². The minimum Gasteiger partial charge on any atom is -0.753 e. The van der Waals surface area contributed by atoms with Crippen LogP contribution in [0.5, 0.6) is 5.75 Å². The number of aromatic nitrogens is 6. The van der Waals surface area contributed by atoms with E-state index >= 15 is 0 Å². The number of carbonyl (C=O) groups excluding carboxylic acids is 3. The SMILES string of the molecule is CCCCCCc1ccsc1-c1ccnc(-c2cc(C(F)(F)F)n[n-]2)c1.O=CO/C=C/c1ccnc(-c2cc(-c3ccc(OC=O)cc3)cc(-c3cc(/C=C/OC=O)ccn3)n2)c1.[N-]=C=S.[Ru+2]. The van der Waals surface area contributed by atoms with Crippen LogP contribution in [0.25, 0.3) is 73.3 Å². The van der Waals surface area contributed by atoms with Crippen LogP contribution in [0.4, 0.5) is 13.2 Å². The Hall–Kier alpha value is -7.17. The van der Waals surface area contributed by atoms with Gasteiger partial charge in [0.25, 0.3) is 19.4 Å². The number of isothiocyanates is 1. The van der Waals surface area contributed by atoms with Crippen LogP contribution in [0.2, 0.25) is 0 Å². The molecule has 1 aromatic carbocycles. The van der Waals surface area contributed by atoms with E-state index in [9.17, 15) is 27.6 Å². The summed E-state index contributed by atoms with van der Waals surface area (Å²) in [4.78, 5) is 50.5. The molecular formula is C48H38F3N7O6RuS2. The first-order valence-corrected chi connectivity index (χ1v) is 21.2. The molecule has 7 aromatic rings. The first-order valence-electron chi connectivity index (χ1n) is 19.9. The van der Waals surface area contributed by atoms with Crippen LogP contribution in [-0.4, -0.2) is 49.6 Å². The van der Waals surface area contributed by atoms with Crippen LogP contribution in [0.15, 0.2) is 121 Å². The van der Waals surface area contributed by atoms with Gasteiger partial charge in [-0.3, -0.25) is 29.3 Å². The van der Waals surface area contributed by atoms with Crippen LogP contribution in [0.3, 0.4) is 0 Å². The van der Waals surface area contributed by atoms with Crippen molar-refractivity contribution in [2.24, 2.45) is 0 Å². The molecule has 0 N–H and O–H groups in total. The fourth-order valence-corrected chi connectivity index (χ4v) is 7.17. The van der Waals surface area contributed by atoms with Crippen molar-refractivity contribution in [3.63, 3.8) is 0 Å². The van der Waals surface area contributed by atoms with E-state index in [0.29, 0.717) is 53.6 Å². The van der Waals surface area contributed by atoms with Gasteiger partial charge in [-0.05, 0) is 137 Å². The number of thiophene rings is 1. The Labute approximate surface area is 405 Å². The molecule has 67 heavy (non-hydrogen) atoms. The van der Waals surface area contributed by atoms with Crippen molar-refractivity contribution in [1.29, 1.82) is 0 Å². The van der Waals surface area contributed by atoms with E-state index in [1.165, 1.54) is 42.5 Å². The Morgan fingerprint density at radius 1 is 0.716 bits per heavy atom. The molecule has 7 rings (SSSR count). The van der Waals surface area contributed by atoms with E-state index in [1.54, 1.807) is 72.4 Å². The predicted octanol–water partition coefficient (Wildman–Crippen LogP) is 11.3. The number of carbonyl (C=O) groups is 3. The van der Waals surface area contributed by atoms with Crippen molar-refractivity contribution in [3.05, 3.63) is 149 Å². The van der Waals surface area contributed by atoms with Gasteiger partial charge in [-0.15, -0.1) is 11.3 Å². The standard InChI is InChI=1S/C28H19N3O6.C19H19F3N3S.CNS.Ru/c32-17-35-11-7-20-5-9-29-25(13-20)27-15-23(22-1-3-24(4-2-22)37-19-34)16-28(31-27)26-14-21(6-10-30-26)8-12-36-18-33;1-2-3-4-5-6-13-8-10-26-18(13)14-7-9-23-15(11-14)16-12-17(25-24-16)19(20,21)22;2-1-3;/h1-19H;7-12H,2-6H2,1H3;;/q;2*-1;+2/b11-7+,12-8+;;;. The van der Waals surface area contributed by atoms with Gasteiger partial charge in [0.15, 0.2) is 0 Å². The molecule has 342 valence electrons. The summed E-state index contributed by atoms with van der Waals surface area (Å²) in [6.45, 7) is 3.23. The third-order valence-electron chi connectivity index (χ3n) is 9.24. The minimum absolute atomic E-state index is 0. The maximum atomic E-state index is 12.7. The summed E-state index contributed by atoms with van der Waals surface area (Å²) in [5.74, 6) is 0.422. The van der Waals surface area contributed by atoms with Crippen molar-refractivity contribution in [1.82, 2.24) is 30.1 Å². The van der Waals surface area contributed by atoms with Crippen LogP contribution < -0.4 is 9.84 Å². The van der Waals surface area contributed by atoms with Gasteiger partial charge < -0.3 is 29.8 Å². The number of hydrogen-bond donors (Lipinski definition) is 0. The van der Waals surface area contributed by atoms with Crippen LogP contribution >= 0.6 is 23.6 Å². The van der Waals surface area contributed by atoms with Crippen molar-refractivity contribution < 1.29 is 61.2 Å². The molecule has 0 bridgehead atoms. The summed E-state index contributed by atoms with van der Waals surface area (Å²) >= 11 is 5.34. The summed E-state index contributed by atoms with van der Waals surface area (Å²) in [6, 6.07) is 24.7. The van der Waals surface area contributed by atoms with E-state index in [1.807, 2.05) is 42.5 Å². The third-order valence-corrected chi connectivity index (χ3v) is 10.2. The van der Waals surface area contributed by atoms with Crippen molar-refractivity contribution in [2.45, 2.75) is 45.2 Å². The molecule has 0 spiro atoms. The Balaban J connectivity index is 0.000000287. The fraction of sp³-hybridized carbons (Fsp3) is 0.146. The number of thiocarbonyl (C=S) groups is 1. The summed E-state index contributed by atoms with van der Waals surface area (Å²) < 4.78 is 52.4. The number of pyridine rings is 4. The number of halogens is 3. The molecular weight excluding hydrogens is 993 g/mol. The molecule has 0 fully saturated rings. The van der Waals surface area contributed by atoms with Crippen molar-refractivity contribution in [3.8, 4) is 61.5 Å². The zero-order chi connectivity index (χ0) is 47.2. The maximum Gasteiger partial charge on any atom is 2.00 e. The molecule has 19 heteroatoms. The molecule has 0 aliphatic carbocycles. The van der Waals surface area contributed by atoms with Gasteiger partial charge in [0, 0.05) is 23.5 Å². The molecule has 0 atom stereocenters. The van der Waals surface area contributed by atoms with E-state index in [-0.39, 0.29) is 25.2 Å². The zero-order valence-electron chi connectivity index (χ0n) is 35.4. The van der Waals surface area contributed by atoms with Crippen LogP contribution in [0, 0.1) is 0 Å². The number of hydrogen-bond acceptors (Lipinski definition) is 13. The number of alkyl halides is 3. The zero-order valence-corrected chi connectivity index (χ0v) is 38.7. The van der Waals surface area contributed by atoms with E-state index in [0.717, 1.165) is 51.6 Å². The normalized spacial score (nSPS) is 10.7. The first kappa shape index (κ1) is 52.5.